The minimum atomic E-state index is -3.91. The highest BCUT2D eigenvalue weighted by atomic mass is 19.3. The summed E-state index contributed by atoms with van der Waals surface area (Å²) in [5, 5.41) is 13.2. The Morgan fingerprint density at radius 2 is 2.05 bits per heavy atom. The van der Waals surface area contributed by atoms with E-state index in [2.05, 4.69) is 10.1 Å². The Labute approximate surface area is 116 Å². The first-order valence-corrected chi connectivity index (χ1v) is 6.91. The second kappa shape index (κ2) is 5.54. The van der Waals surface area contributed by atoms with Crippen molar-refractivity contribution in [3.8, 4) is 0 Å². The van der Waals surface area contributed by atoms with E-state index < -0.39 is 22.9 Å². The number of carbonyl (C=O) groups excluding carboxylic acids is 1. The van der Waals surface area contributed by atoms with Gasteiger partial charge in [-0.15, -0.1) is 0 Å². The molecule has 0 aromatic carbocycles. The van der Waals surface area contributed by atoms with Crippen molar-refractivity contribution >= 4 is 5.97 Å². The molecular formula is C13H21F2NO4. The molecule has 2 fully saturated rings. The van der Waals surface area contributed by atoms with Crippen molar-refractivity contribution in [3.63, 3.8) is 0 Å². The van der Waals surface area contributed by atoms with E-state index in [1.807, 2.05) is 0 Å². The van der Waals surface area contributed by atoms with E-state index in [0.29, 0.717) is 32.6 Å². The smallest absolute Gasteiger partial charge is 0.380 e. The first-order valence-electron chi connectivity index (χ1n) is 6.91. The lowest BCUT2D eigenvalue weighted by Gasteiger charge is -2.49. The maximum Gasteiger partial charge on any atom is 0.380 e. The molecule has 1 spiro atoms. The molecule has 1 atom stereocenters. The minimum Gasteiger partial charge on any atom is -0.461 e. The van der Waals surface area contributed by atoms with Gasteiger partial charge in [0, 0.05) is 26.3 Å². The van der Waals surface area contributed by atoms with Gasteiger partial charge in [0.25, 0.3) is 0 Å². The molecule has 2 N–H and O–H groups in total. The molecule has 0 aliphatic carbocycles. The van der Waals surface area contributed by atoms with Gasteiger partial charge in [-0.05, 0) is 31.6 Å². The normalized spacial score (nSPS) is 30.2. The van der Waals surface area contributed by atoms with Crippen LogP contribution in [0.25, 0.3) is 0 Å². The van der Waals surface area contributed by atoms with Crippen LogP contribution < -0.4 is 5.32 Å². The molecule has 2 saturated heterocycles. The quantitative estimate of drug-likeness (QED) is 0.750. The maximum atomic E-state index is 14.2. The number of aliphatic hydroxyl groups is 1. The Balaban J connectivity index is 2.18. The van der Waals surface area contributed by atoms with Crippen LogP contribution in [0, 0.1) is 5.41 Å². The summed E-state index contributed by atoms with van der Waals surface area (Å²) < 4.78 is 38.1. The van der Waals surface area contributed by atoms with Crippen LogP contribution in [0.4, 0.5) is 8.78 Å². The van der Waals surface area contributed by atoms with Gasteiger partial charge in [-0.25, -0.2) is 4.79 Å². The number of esters is 1. The van der Waals surface area contributed by atoms with Crippen molar-refractivity contribution in [3.05, 3.63) is 0 Å². The van der Waals surface area contributed by atoms with Crippen LogP contribution in [0.2, 0.25) is 0 Å². The number of hydrogen-bond donors (Lipinski definition) is 2. The van der Waals surface area contributed by atoms with Crippen molar-refractivity contribution in [1.82, 2.24) is 5.32 Å². The van der Waals surface area contributed by atoms with Gasteiger partial charge < -0.3 is 19.9 Å². The average Bonchev–Trinajstić information content (AvgIpc) is 2.39. The van der Waals surface area contributed by atoms with Crippen molar-refractivity contribution in [2.75, 3.05) is 32.9 Å². The summed E-state index contributed by atoms with van der Waals surface area (Å²) in [6, 6.07) is 0. The Morgan fingerprint density at radius 3 is 2.65 bits per heavy atom. The van der Waals surface area contributed by atoms with Crippen LogP contribution in [-0.4, -0.2) is 55.5 Å². The monoisotopic (exact) mass is 293 g/mol. The van der Waals surface area contributed by atoms with Gasteiger partial charge in [-0.2, -0.15) is 8.78 Å². The summed E-state index contributed by atoms with van der Waals surface area (Å²) in [5.41, 5.74) is -2.85. The van der Waals surface area contributed by atoms with E-state index in [-0.39, 0.29) is 19.6 Å². The molecule has 5 nitrogen and oxygen atoms in total. The summed E-state index contributed by atoms with van der Waals surface area (Å²) in [6.07, 6.45) is 1.07. The second-order valence-electron chi connectivity index (χ2n) is 5.72. The molecule has 1 unspecified atom stereocenters. The van der Waals surface area contributed by atoms with E-state index >= 15 is 0 Å². The molecule has 0 aromatic rings. The second-order valence-corrected chi connectivity index (χ2v) is 5.72. The van der Waals surface area contributed by atoms with Crippen molar-refractivity contribution in [1.29, 1.82) is 0 Å². The maximum absolute atomic E-state index is 14.2. The van der Waals surface area contributed by atoms with E-state index in [1.54, 1.807) is 0 Å². The van der Waals surface area contributed by atoms with Gasteiger partial charge in [0.1, 0.15) is 0 Å². The van der Waals surface area contributed by atoms with Gasteiger partial charge >= 0.3 is 11.9 Å². The summed E-state index contributed by atoms with van der Waals surface area (Å²) in [4.78, 5) is 11.5. The fraction of sp³-hybridized carbons (Fsp3) is 0.923. The Kier molecular flexibility index (Phi) is 4.32. The molecule has 2 aliphatic heterocycles. The highest BCUT2D eigenvalue weighted by Gasteiger charge is 2.63. The molecule has 0 bridgehead atoms. The van der Waals surface area contributed by atoms with Crippen LogP contribution in [0.5, 0.6) is 0 Å². The van der Waals surface area contributed by atoms with E-state index in [0.717, 1.165) is 0 Å². The highest BCUT2D eigenvalue weighted by Crippen LogP contribution is 2.46. The molecule has 7 heteroatoms. The molecule has 2 heterocycles. The third-order valence-corrected chi connectivity index (χ3v) is 4.25. The zero-order valence-corrected chi connectivity index (χ0v) is 11.6. The lowest BCUT2D eigenvalue weighted by molar-refractivity contribution is -0.228. The van der Waals surface area contributed by atoms with Crippen molar-refractivity contribution in [2.45, 2.75) is 37.7 Å². The van der Waals surface area contributed by atoms with Gasteiger partial charge in [0.2, 0.25) is 0 Å². The third-order valence-electron chi connectivity index (χ3n) is 4.25. The standard InChI is InChI=1S/C13H21F2NO4/c1-2-20-10(17)13(14,15)12(18)7-11(8-16-9-12)3-5-19-6-4-11/h16,18H,2-9H2,1H3. The SMILES string of the molecule is CCOC(=O)C(F)(F)C1(O)CNCC2(CCOCC2)C1. The van der Waals surface area contributed by atoms with E-state index in [4.69, 9.17) is 4.74 Å². The Hall–Kier alpha value is -0.790. The highest BCUT2D eigenvalue weighted by molar-refractivity contribution is 5.79. The molecule has 0 radical (unpaired) electrons. The molecule has 20 heavy (non-hydrogen) atoms. The summed E-state index contributed by atoms with van der Waals surface area (Å²) in [6.45, 7) is 2.53. The number of β-amino-alcohol motifs (C(OH)–C–C–N with tert-alkyl or cyclic N) is 1. The number of carbonyl (C=O) groups is 1. The lowest BCUT2D eigenvalue weighted by atomic mass is 9.67. The number of ether oxygens (including phenoxy) is 2. The third kappa shape index (κ3) is 2.66. The van der Waals surface area contributed by atoms with Gasteiger partial charge in [-0.3, -0.25) is 0 Å². The van der Waals surface area contributed by atoms with Gasteiger partial charge in [0.05, 0.1) is 6.61 Å². The molecule has 0 amide bonds. The van der Waals surface area contributed by atoms with E-state index in [9.17, 15) is 18.7 Å². The summed E-state index contributed by atoms with van der Waals surface area (Å²) >= 11 is 0. The predicted molar refractivity (Wildman–Crippen MR) is 66.5 cm³/mol. The molecule has 0 saturated carbocycles. The number of rotatable bonds is 3. The van der Waals surface area contributed by atoms with Crippen molar-refractivity contribution < 1.29 is 28.2 Å². The Bertz CT molecular complexity index is 366. The largest absolute Gasteiger partial charge is 0.461 e. The van der Waals surface area contributed by atoms with Crippen molar-refractivity contribution in [2.24, 2.45) is 5.41 Å². The molecular weight excluding hydrogens is 272 g/mol. The number of halogens is 2. The fourth-order valence-electron chi connectivity index (χ4n) is 3.07. The average molecular weight is 293 g/mol. The molecule has 0 aromatic heterocycles. The number of hydrogen-bond acceptors (Lipinski definition) is 5. The minimum absolute atomic E-state index is 0.123. The number of nitrogens with one attached hydrogen (secondary N) is 1. The summed E-state index contributed by atoms with van der Waals surface area (Å²) in [5.74, 6) is -5.57. The zero-order chi connectivity index (χ0) is 14.9. The Morgan fingerprint density at radius 1 is 1.40 bits per heavy atom. The van der Waals surface area contributed by atoms with Crippen LogP contribution >= 0.6 is 0 Å². The topological polar surface area (TPSA) is 67.8 Å². The molecule has 116 valence electrons. The van der Waals surface area contributed by atoms with Crippen LogP contribution in [0.1, 0.15) is 26.2 Å². The van der Waals surface area contributed by atoms with E-state index in [1.165, 1.54) is 6.92 Å². The van der Waals surface area contributed by atoms with Crippen LogP contribution in [-0.2, 0) is 14.3 Å². The van der Waals surface area contributed by atoms with Crippen LogP contribution in [0.3, 0.4) is 0 Å². The fourth-order valence-corrected chi connectivity index (χ4v) is 3.07. The number of alkyl halides is 2. The first kappa shape index (κ1) is 15.6. The number of piperidine rings is 1. The molecule has 2 rings (SSSR count). The van der Waals surface area contributed by atoms with Gasteiger partial charge in [0.15, 0.2) is 5.60 Å². The zero-order valence-electron chi connectivity index (χ0n) is 11.6. The molecule has 2 aliphatic rings. The van der Waals surface area contributed by atoms with Crippen LogP contribution in [0.15, 0.2) is 0 Å². The van der Waals surface area contributed by atoms with Gasteiger partial charge in [-0.1, -0.05) is 0 Å². The predicted octanol–water partition coefficient (Wildman–Crippen LogP) is 0.706. The summed E-state index contributed by atoms with van der Waals surface area (Å²) in [7, 11) is 0. The lowest BCUT2D eigenvalue weighted by Crippen LogP contribution is -2.66. The first-order chi connectivity index (χ1) is 9.35.